The molecule has 0 N–H and O–H groups in total. The Morgan fingerprint density at radius 2 is 2.30 bits per heavy atom. The number of fused-ring (bicyclic) bond motifs is 1. The molecule has 0 aliphatic heterocycles. The van der Waals surface area contributed by atoms with E-state index in [0.717, 1.165) is 22.2 Å². The molecule has 3 heterocycles. The molecule has 0 aliphatic rings. The Hall–Kier alpha value is -1.60. The lowest BCUT2D eigenvalue weighted by Gasteiger charge is -1.98. The van der Waals surface area contributed by atoms with E-state index in [-0.39, 0.29) is 5.69 Å². The third-order valence-corrected chi connectivity index (χ3v) is 4.65. The summed E-state index contributed by atoms with van der Waals surface area (Å²) in [5.41, 5.74) is 1.73. The van der Waals surface area contributed by atoms with Crippen LogP contribution in [0.1, 0.15) is 10.7 Å². The molecule has 3 aromatic rings. The number of hydrogen-bond acceptors (Lipinski definition) is 5. The lowest BCUT2D eigenvalue weighted by atomic mass is 10.5. The van der Waals surface area contributed by atoms with Gasteiger partial charge in [-0.25, -0.2) is 14.5 Å². The molecule has 0 saturated carbocycles. The van der Waals surface area contributed by atoms with E-state index >= 15 is 0 Å². The summed E-state index contributed by atoms with van der Waals surface area (Å²) in [6.07, 6.45) is 1.74. The first-order valence-electron chi connectivity index (χ1n) is 6.27. The van der Waals surface area contributed by atoms with Gasteiger partial charge in [-0.2, -0.15) is 11.8 Å². The first-order valence-corrected chi connectivity index (χ1v) is 8.30. The van der Waals surface area contributed by atoms with Crippen LogP contribution in [0.2, 0.25) is 0 Å². The van der Waals surface area contributed by atoms with Crippen molar-refractivity contribution in [2.75, 3.05) is 5.75 Å². The highest BCUT2D eigenvalue weighted by Gasteiger charge is 2.05. The predicted octanol–water partition coefficient (Wildman–Crippen LogP) is 2.19. The monoisotopic (exact) mass is 306 g/mol. The lowest BCUT2D eigenvalue weighted by Crippen LogP contribution is -2.22. The quantitative estimate of drug-likeness (QED) is 0.678. The van der Waals surface area contributed by atoms with Crippen molar-refractivity contribution in [1.29, 1.82) is 0 Å². The molecule has 0 unspecified atom stereocenters. The fourth-order valence-corrected chi connectivity index (χ4v) is 3.44. The molecular weight excluding hydrogens is 292 g/mol. The molecule has 0 atom stereocenters. The summed E-state index contributed by atoms with van der Waals surface area (Å²) >= 11 is 3.44. The fourth-order valence-electron chi connectivity index (χ4n) is 1.92. The molecule has 3 aromatic heterocycles. The molecule has 0 bridgehead atoms. The molecule has 104 valence electrons. The van der Waals surface area contributed by atoms with Crippen molar-refractivity contribution in [1.82, 2.24) is 19.2 Å². The first-order chi connectivity index (χ1) is 9.74. The summed E-state index contributed by atoms with van der Waals surface area (Å²) in [6, 6.07) is 5.55. The van der Waals surface area contributed by atoms with Crippen LogP contribution in [0, 0.1) is 6.92 Å². The van der Waals surface area contributed by atoms with Gasteiger partial charge in [0.25, 0.3) is 0 Å². The molecule has 3 rings (SSSR count). The van der Waals surface area contributed by atoms with E-state index in [9.17, 15) is 4.79 Å². The van der Waals surface area contributed by atoms with Crippen molar-refractivity contribution in [2.24, 2.45) is 0 Å². The summed E-state index contributed by atoms with van der Waals surface area (Å²) in [5.74, 6) is 1.73. The van der Waals surface area contributed by atoms with Gasteiger partial charge in [-0.3, -0.25) is 4.40 Å². The number of aromatic nitrogens is 4. The maximum Gasteiger partial charge on any atom is 0.350 e. The Morgan fingerprint density at radius 1 is 1.40 bits per heavy atom. The van der Waals surface area contributed by atoms with E-state index in [4.69, 9.17) is 0 Å². The molecular formula is C13H14N4OS2. The van der Waals surface area contributed by atoms with Crippen molar-refractivity contribution in [3.63, 3.8) is 0 Å². The smallest absolute Gasteiger partial charge is 0.250 e. The Bertz CT molecular complexity index is 774. The van der Waals surface area contributed by atoms with E-state index in [2.05, 4.69) is 15.5 Å². The summed E-state index contributed by atoms with van der Waals surface area (Å²) in [6.45, 7) is 2.63. The second-order valence-corrected chi connectivity index (χ2v) is 6.51. The molecule has 7 heteroatoms. The molecule has 0 aromatic carbocycles. The number of thiazole rings is 1. The van der Waals surface area contributed by atoms with Crippen LogP contribution in [-0.2, 0) is 12.3 Å². The molecule has 0 fully saturated rings. The largest absolute Gasteiger partial charge is 0.350 e. The van der Waals surface area contributed by atoms with Gasteiger partial charge < -0.3 is 0 Å². The number of nitrogens with zero attached hydrogens (tertiary/aromatic N) is 4. The standard InChI is InChI=1S/C13H14N4OS2/c1-10-14-11(9-20-10)8-19-7-6-17-13(18)16-5-3-2-4-12(16)15-17/h2-5,9H,6-8H2,1H3. The minimum atomic E-state index is -0.0781. The van der Waals surface area contributed by atoms with Gasteiger partial charge in [0, 0.05) is 23.1 Å². The average Bonchev–Trinajstić information content (AvgIpc) is 3.00. The Morgan fingerprint density at radius 3 is 3.05 bits per heavy atom. The Balaban J connectivity index is 1.60. The van der Waals surface area contributed by atoms with E-state index in [1.807, 2.05) is 25.1 Å². The highest BCUT2D eigenvalue weighted by atomic mass is 32.2. The van der Waals surface area contributed by atoms with Gasteiger partial charge in [0.15, 0.2) is 5.65 Å². The molecule has 20 heavy (non-hydrogen) atoms. The number of rotatable bonds is 5. The van der Waals surface area contributed by atoms with Crippen LogP contribution in [0.5, 0.6) is 0 Å². The second kappa shape index (κ2) is 5.80. The van der Waals surface area contributed by atoms with Crippen molar-refractivity contribution >= 4 is 28.7 Å². The van der Waals surface area contributed by atoms with Gasteiger partial charge in [0.05, 0.1) is 17.2 Å². The lowest BCUT2D eigenvalue weighted by molar-refractivity contribution is 0.639. The van der Waals surface area contributed by atoms with Crippen LogP contribution < -0.4 is 5.69 Å². The SMILES string of the molecule is Cc1nc(CSCCn2nc3ccccn3c2=O)cs1. The second-order valence-electron chi connectivity index (χ2n) is 4.35. The zero-order chi connectivity index (χ0) is 13.9. The molecule has 0 spiro atoms. The normalized spacial score (nSPS) is 11.2. The molecule has 5 nitrogen and oxygen atoms in total. The summed E-state index contributed by atoms with van der Waals surface area (Å²) < 4.78 is 3.09. The molecule has 0 radical (unpaired) electrons. The van der Waals surface area contributed by atoms with Crippen molar-refractivity contribution in [2.45, 2.75) is 19.2 Å². The van der Waals surface area contributed by atoms with Crippen LogP contribution in [0.3, 0.4) is 0 Å². The van der Waals surface area contributed by atoms with Crippen LogP contribution in [0.25, 0.3) is 5.65 Å². The Labute approximate surface area is 124 Å². The average molecular weight is 306 g/mol. The maximum absolute atomic E-state index is 12.0. The summed E-state index contributed by atoms with van der Waals surface area (Å²) in [4.78, 5) is 16.5. The van der Waals surface area contributed by atoms with Crippen LogP contribution >= 0.6 is 23.1 Å². The van der Waals surface area contributed by atoms with E-state index in [0.29, 0.717) is 12.2 Å². The van der Waals surface area contributed by atoms with Crippen LogP contribution in [0.4, 0.5) is 0 Å². The highest BCUT2D eigenvalue weighted by molar-refractivity contribution is 7.98. The highest BCUT2D eigenvalue weighted by Crippen LogP contribution is 2.15. The van der Waals surface area contributed by atoms with E-state index in [1.165, 1.54) is 4.68 Å². The Kier molecular flexibility index (Phi) is 3.88. The minimum absolute atomic E-state index is 0.0781. The number of pyridine rings is 1. The van der Waals surface area contributed by atoms with Crippen LogP contribution in [0.15, 0.2) is 34.6 Å². The van der Waals surface area contributed by atoms with Gasteiger partial charge in [-0.1, -0.05) is 6.07 Å². The van der Waals surface area contributed by atoms with Gasteiger partial charge in [-0.05, 0) is 19.1 Å². The van der Waals surface area contributed by atoms with Crippen molar-refractivity contribution in [3.05, 3.63) is 51.0 Å². The van der Waals surface area contributed by atoms with Gasteiger partial charge in [-0.15, -0.1) is 16.4 Å². The fraction of sp³-hybridized carbons (Fsp3) is 0.308. The predicted molar refractivity (Wildman–Crippen MR) is 82.5 cm³/mol. The van der Waals surface area contributed by atoms with Gasteiger partial charge >= 0.3 is 5.69 Å². The van der Waals surface area contributed by atoms with Crippen molar-refractivity contribution < 1.29 is 0 Å². The topological polar surface area (TPSA) is 52.2 Å². The zero-order valence-corrected chi connectivity index (χ0v) is 12.7. The van der Waals surface area contributed by atoms with E-state index in [1.54, 1.807) is 33.7 Å². The van der Waals surface area contributed by atoms with Crippen LogP contribution in [-0.4, -0.2) is 24.9 Å². The van der Waals surface area contributed by atoms with Gasteiger partial charge in [0.2, 0.25) is 0 Å². The first kappa shape index (κ1) is 13.4. The summed E-state index contributed by atoms with van der Waals surface area (Å²) in [7, 11) is 0. The molecule has 0 amide bonds. The molecule has 0 saturated heterocycles. The maximum atomic E-state index is 12.0. The third-order valence-electron chi connectivity index (χ3n) is 2.85. The summed E-state index contributed by atoms with van der Waals surface area (Å²) in [5, 5.41) is 7.48. The minimum Gasteiger partial charge on any atom is -0.250 e. The number of thioether (sulfide) groups is 1. The third kappa shape index (κ3) is 2.78. The number of aryl methyl sites for hydroxylation is 2. The van der Waals surface area contributed by atoms with E-state index < -0.39 is 0 Å². The molecule has 0 aliphatic carbocycles. The zero-order valence-electron chi connectivity index (χ0n) is 11.0. The van der Waals surface area contributed by atoms with Crippen molar-refractivity contribution in [3.8, 4) is 0 Å². The van der Waals surface area contributed by atoms with Gasteiger partial charge in [0.1, 0.15) is 0 Å². The number of hydrogen-bond donors (Lipinski definition) is 0.